The fourth-order valence-electron chi connectivity index (χ4n) is 4.17. The zero-order valence-electron chi connectivity index (χ0n) is 18.3. The molecule has 2 N–H and O–H groups in total. The molecule has 0 bridgehead atoms. The largest absolute Gasteiger partial charge is 0.469 e. The van der Waals surface area contributed by atoms with Crippen LogP contribution in [0.5, 0.6) is 0 Å². The maximum atomic E-state index is 12.3. The minimum Gasteiger partial charge on any atom is -0.469 e. The van der Waals surface area contributed by atoms with Gasteiger partial charge in [-0.15, -0.1) is 0 Å². The van der Waals surface area contributed by atoms with Gasteiger partial charge < -0.3 is 19.8 Å². The minimum atomic E-state index is -0.713. The Kier molecular flexibility index (Phi) is 10.2. The van der Waals surface area contributed by atoms with Crippen molar-refractivity contribution in [2.75, 3.05) is 51.7 Å². The summed E-state index contributed by atoms with van der Waals surface area (Å²) < 4.78 is 23.1. The molecule has 7 nitrogen and oxygen atoms in total. The molecule has 1 aliphatic carbocycles. The van der Waals surface area contributed by atoms with Crippen LogP contribution in [0.1, 0.15) is 44.8 Å². The number of ether oxygens (including phenoxy) is 1. The van der Waals surface area contributed by atoms with E-state index in [1.165, 1.54) is 0 Å². The van der Waals surface area contributed by atoms with Crippen LogP contribution in [0.4, 0.5) is 0 Å². The van der Waals surface area contributed by atoms with Gasteiger partial charge in [0, 0.05) is 67.0 Å². The summed E-state index contributed by atoms with van der Waals surface area (Å²) in [4.78, 5) is 7.29. The first-order valence-electron chi connectivity index (χ1n) is 11.5. The number of hydrogen-bond donors (Lipinski definition) is 2. The summed E-state index contributed by atoms with van der Waals surface area (Å²) in [6.45, 7) is 8.38. The molecule has 0 spiro atoms. The SMILES string of the molecule is CCS(=O)C1CCCC(NC(=NCCCN2CCOCC2)NCCc2ccco2)C1. The maximum Gasteiger partial charge on any atom is 0.191 e. The third-order valence-corrected chi connectivity index (χ3v) is 7.61. The van der Waals surface area contributed by atoms with Gasteiger partial charge >= 0.3 is 0 Å². The molecule has 1 aromatic rings. The highest BCUT2D eigenvalue weighted by molar-refractivity contribution is 7.85. The third kappa shape index (κ3) is 8.04. The van der Waals surface area contributed by atoms with Gasteiger partial charge in [-0.3, -0.25) is 14.1 Å². The number of morpholine rings is 1. The number of hydrogen-bond acceptors (Lipinski definition) is 5. The standard InChI is InChI=1S/C22H38N4O3S/c1-2-30(27)21-8-3-6-19(18-21)25-22(24-11-9-20-7-4-15-29-20)23-10-5-12-26-13-16-28-17-14-26/h4,7,15,19,21H,2-3,5-6,8-14,16-18H2,1H3,(H2,23,24,25). The van der Waals surface area contributed by atoms with Crippen molar-refractivity contribution in [1.82, 2.24) is 15.5 Å². The van der Waals surface area contributed by atoms with E-state index in [-0.39, 0.29) is 0 Å². The van der Waals surface area contributed by atoms with Crippen molar-refractivity contribution < 1.29 is 13.4 Å². The van der Waals surface area contributed by atoms with Crippen molar-refractivity contribution in [2.24, 2.45) is 4.99 Å². The van der Waals surface area contributed by atoms with Crippen molar-refractivity contribution in [3.63, 3.8) is 0 Å². The number of guanidine groups is 1. The highest BCUT2D eigenvalue weighted by Gasteiger charge is 2.26. The second kappa shape index (κ2) is 13.1. The topological polar surface area (TPSA) is 79.1 Å². The molecule has 170 valence electrons. The summed E-state index contributed by atoms with van der Waals surface area (Å²) in [5.74, 6) is 2.60. The lowest BCUT2D eigenvalue weighted by Crippen LogP contribution is -2.47. The summed E-state index contributed by atoms with van der Waals surface area (Å²) in [5.41, 5.74) is 0. The van der Waals surface area contributed by atoms with E-state index in [0.29, 0.717) is 11.3 Å². The number of aliphatic imine (C=N–C) groups is 1. The molecule has 1 saturated heterocycles. The van der Waals surface area contributed by atoms with Gasteiger partial charge in [0.1, 0.15) is 5.76 Å². The maximum absolute atomic E-state index is 12.3. The molecule has 0 amide bonds. The van der Waals surface area contributed by atoms with Gasteiger partial charge in [0.05, 0.1) is 19.5 Å². The van der Waals surface area contributed by atoms with E-state index in [1.807, 2.05) is 19.1 Å². The minimum absolute atomic E-state index is 0.312. The highest BCUT2D eigenvalue weighted by Crippen LogP contribution is 2.23. The van der Waals surface area contributed by atoms with E-state index in [4.69, 9.17) is 14.1 Å². The van der Waals surface area contributed by atoms with Crippen LogP contribution < -0.4 is 10.6 Å². The monoisotopic (exact) mass is 438 g/mol. The van der Waals surface area contributed by atoms with Crippen molar-refractivity contribution in [2.45, 2.75) is 56.7 Å². The zero-order valence-corrected chi connectivity index (χ0v) is 19.1. The third-order valence-electron chi connectivity index (χ3n) is 5.87. The van der Waals surface area contributed by atoms with Crippen molar-refractivity contribution >= 4 is 16.8 Å². The first kappa shape index (κ1) is 23.3. The van der Waals surface area contributed by atoms with Crippen molar-refractivity contribution in [3.05, 3.63) is 24.2 Å². The van der Waals surface area contributed by atoms with Gasteiger partial charge in [-0.25, -0.2) is 0 Å². The average molecular weight is 439 g/mol. The Hall–Kier alpha value is -1.38. The summed E-state index contributed by atoms with van der Waals surface area (Å²) in [6, 6.07) is 4.26. The highest BCUT2D eigenvalue weighted by atomic mass is 32.2. The zero-order chi connectivity index (χ0) is 21.0. The Morgan fingerprint density at radius 3 is 2.97 bits per heavy atom. The Bertz CT molecular complexity index is 647. The summed E-state index contributed by atoms with van der Waals surface area (Å²) in [7, 11) is -0.713. The lowest BCUT2D eigenvalue weighted by atomic mass is 9.95. The predicted octanol–water partition coefficient (Wildman–Crippen LogP) is 2.16. The van der Waals surface area contributed by atoms with Crippen molar-refractivity contribution in [3.8, 4) is 0 Å². The fraction of sp³-hybridized carbons (Fsp3) is 0.773. The van der Waals surface area contributed by atoms with Gasteiger partial charge in [-0.2, -0.15) is 0 Å². The van der Waals surface area contributed by atoms with E-state index in [2.05, 4.69) is 15.5 Å². The Labute approximate surface area is 183 Å². The van der Waals surface area contributed by atoms with Gasteiger partial charge in [0.15, 0.2) is 5.96 Å². The molecule has 0 radical (unpaired) electrons. The lowest BCUT2D eigenvalue weighted by Gasteiger charge is -2.30. The van der Waals surface area contributed by atoms with Crippen molar-refractivity contribution in [1.29, 1.82) is 0 Å². The molecule has 2 fully saturated rings. The second-order valence-corrected chi connectivity index (χ2v) is 10.1. The molecule has 3 rings (SSSR count). The van der Waals surface area contributed by atoms with E-state index >= 15 is 0 Å². The van der Waals surface area contributed by atoms with E-state index in [9.17, 15) is 4.21 Å². The van der Waals surface area contributed by atoms with Crippen LogP contribution in [-0.4, -0.2) is 78.1 Å². The average Bonchev–Trinajstić information content (AvgIpc) is 3.30. The van der Waals surface area contributed by atoms with Crippen LogP contribution in [0.2, 0.25) is 0 Å². The van der Waals surface area contributed by atoms with Crippen LogP contribution in [0.25, 0.3) is 0 Å². The Morgan fingerprint density at radius 2 is 2.20 bits per heavy atom. The Morgan fingerprint density at radius 1 is 1.33 bits per heavy atom. The van der Waals surface area contributed by atoms with E-state index in [1.54, 1.807) is 6.26 Å². The van der Waals surface area contributed by atoms with Crippen LogP contribution >= 0.6 is 0 Å². The molecule has 3 atom stereocenters. The first-order valence-corrected chi connectivity index (χ1v) is 12.9. The van der Waals surface area contributed by atoms with E-state index < -0.39 is 10.8 Å². The van der Waals surface area contributed by atoms with Gasteiger partial charge in [0.25, 0.3) is 0 Å². The molecular formula is C22H38N4O3S. The number of nitrogens with zero attached hydrogens (tertiary/aromatic N) is 2. The summed E-state index contributed by atoms with van der Waals surface area (Å²) in [5, 5.41) is 7.41. The quantitative estimate of drug-likeness (QED) is 0.331. The summed E-state index contributed by atoms with van der Waals surface area (Å²) >= 11 is 0. The fourth-order valence-corrected chi connectivity index (χ4v) is 5.51. The molecule has 2 aliphatic rings. The molecule has 0 aromatic carbocycles. The molecule has 1 aliphatic heterocycles. The molecule has 2 heterocycles. The lowest BCUT2D eigenvalue weighted by molar-refractivity contribution is 0.0377. The molecule has 8 heteroatoms. The number of rotatable bonds is 10. The predicted molar refractivity (Wildman–Crippen MR) is 122 cm³/mol. The molecule has 30 heavy (non-hydrogen) atoms. The molecule has 1 aromatic heterocycles. The normalized spacial score (nSPS) is 24.5. The van der Waals surface area contributed by atoms with Gasteiger partial charge in [0.2, 0.25) is 0 Å². The first-order chi connectivity index (χ1) is 14.7. The van der Waals surface area contributed by atoms with Gasteiger partial charge in [-0.05, 0) is 37.8 Å². The van der Waals surface area contributed by atoms with Crippen LogP contribution in [0, 0.1) is 0 Å². The molecule has 3 unspecified atom stereocenters. The molecular weight excluding hydrogens is 400 g/mol. The van der Waals surface area contributed by atoms with E-state index in [0.717, 1.165) is 102 Å². The smallest absolute Gasteiger partial charge is 0.191 e. The Balaban J connectivity index is 1.48. The number of furan rings is 1. The number of nitrogens with one attached hydrogen (secondary N) is 2. The van der Waals surface area contributed by atoms with Crippen LogP contribution in [-0.2, 0) is 22.0 Å². The summed E-state index contributed by atoms with van der Waals surface area (Å²) in [6.07, 6.45) is 7.87. The second-order valence-electron chi connectivity index (χ2n) is 8.09. The van der Waals surface area contributed by atoms with Crippen LogP contribution in [0.3, 0.4) is 0 Å². The van der Waals surface area contributed by atoms with Crippen LogP contribution in [0.15, 0.2) is 27.8 Å². The van der Waals surface area contributed by atoms with Gasteiger partial charge in [-0.1, -0.05) is 13.3 Å². The molecule has 1 saturated carbocycles.